The van der Waals surface area contributed by atoms with E-state index < -0.39 is 45.6 Å². The molecule has 0 spiro atoms. The summed E-state index contributed by atoms with van der Waals surface area (Å²) in [4.78, 5) is 22.3. The molecule has 2 atom stereocenters. The first kappa shape index (κ1) is 25.4. The number of sulfone groups is 1. The van der Waals surface area contributed by atoms with Gasteiger partial charge in [-0.25, -0.2) is 17.6 Å². The molecule has 0 aliphatic carbocycles. The second-order valence-corrected chi connectivity index (χ2v) is 9.12. The molecule has 12 heteroatoms. The van der Waals surface area contributed by atoms with E-state index in [1.54, 1.807) is 7.05 Å². The maximum absolute atomic E-state index is 13.7. The molecule has 2 N–H and O–H groups in total. The molecule has 1 aromatic rings. The Morgan fingerprint density at radius 3 is 2.31 bits per heavy atom. The summed E-state index contributed by atoms with van der Waals surface area (Å²) >= 11 is 11.0. The SMILES string of the molecule is CNCCCOC(=O)OC(c1ccc(S(C)(=O)=O)cc1)C(CF)NC(=O)C(Cl)Cl. The van der Waals surface area contributed by atoms with Crippen LogP contribution in [0.5, 0.6) is 0 Å². The van der Waals surface area contributed by atoms with Crippen molar-refractivity contribution in [2.24, 2.45) is 0 Å². The van der Waals surface area contributed by atoms with E-state index in [4.69, 9.17) is 32.7 Å². The van der Waals surface area contributed by atoms with E-state index in [2.05, 4.69) is 10.6 Å². The summed E-state index contributed by atoms with van der Waals surface area (Å²) in [5.41, 5.74) is 0.244. The average molecular weight is 473 g/mol. The van der Waals surface area contributed by atoms with Crippen LogP contribution in [-0.4, -0.2) is 64.5 Å². The molecular formula is C17H23Cl2FN2O6S. The van der Waals surface area contributed by atoms with Crippen LogP contribution in [0.3, 0.4) is 0 Å². The van der Waals surface area contributed by atoms with Gasteiger partial charge in [0.1, 0.15) is 6.67 Å². The predicted octanol–water partition coefficient (Wildman–Crippen LogP) is 2.15. The number of alkyl halides is 3. The molecule has 0 aliphatic rings. The highest BCUT2D eigenvalue weighted by molar-refractivity contribution is 7.90. The van der Waals surface area contributed by atoms with Crippen LogP contribution >= 0.6 is 23.2 Å². The normalized spacial score (nSPS) is 13.6. The van der Waals surface area contributed by atoms with Crippen molar-refractivity contribution in [2.75, 3.05) is 33.1 Å². The molecular weight excluding hydrogens is 450 g/mol. The van der Waals surface area contributed by atoms with Gasteiger partial charge in [-0.3, -0.25) is 4.79 Å². The van der Waals surface area contributed by atoms with E-state index in [1.807, 2.05) is 0 Å². The predicted molar refractivity (Wildman–Crippen MR) is 107 cm³/mol. The van der Waals surface area contributed by atoms with E-state index in [9.17, 15) is 22.4 Å². The average Bonchev–Trinajstić information content (AvgIpc) is 2.67. The van der Waals surface area contributed by atoms with Gasteiger partial charge in [-0.15, -0.1) is 0 Å². The highest BCUT2D eigenvalue weighted by Crippen LogP contribution is 2.25. The number of halogens is 3. The fourth-order valence-corrected chi connectivity index (χ4v) is 3.03. The van der Waals surface area contributed by atoms with Gasteiger partial charge in [0.25, 0.3) is 5.91 Å². The smallest absolute Gasteiger partial charge is 0.434 e. The van der Waals surface area contributed by atoms with Gasteiger partial charge in [-0.1, -0.05) is 35.3 Å². The molecule has 1 rings (SSSR count). The molecule has 0 bridgehead atoms. The lowest BCUT2D eigenvalue weighted by Gasteiger charge is -2.26. The first-order chi connectivity index (χ1) is 13.6. The Morgan fingerprint density at radius 2 is 1.83 bits per heavy atom. The number of ether oxygens (including phenoxy) is 2. The number of hydrogen-bond acceptors (Lipinski definition) is 7. The molecule has 0 heterocycles. The topological polar surface area (TPSA) is 111 Å². The Labute approximate surface area is 178 Å². The monoisotopic (exact) mass is 472 g/mol. The van der Waals surface area contributed by atoms with Crippen LogP contribution in [0, 0.1) is 0 Å². The third kappa shape index (κ3) is 8.73. The minimum absolute atomic E-state index is 0.0251. The van der Waals surface area contributed by atoms with E-state index in [1.165, 1.54) is 24.3 Å². The number of benzene rings is 1. The van der Waals surface area contributed by atoms with Crippen molar-refractivity contribution in [1.29, 1.82) is 0 Å². The van der Waals surface area contributed by atoms with Gasteiger partial charge in [-0.05, 0) is 37.7 Å². The van der Waals surface area contributed by atoms with Crippen molar-refractivity contribution in [3.05, 3.63) is 29.8 Å². The Kier molecular flexibility index (Phi) is 10.7. The summed E-state index contributed by atoms with van der Waals surface area (Å²) in [7, 11) is -1.72. The molecule has 29 heavy (non-hydrogen) atoms. The van der Waals surface area contributed by atoms with Gasteiger partial charge in [0, 0.05) is 6.26 Å². The first-order valence-corrected chi connectivity index (χ1v) is 11.3. The number of amides is 1. The fourth-order valence-electron chi connectivity index (χ4n) is 2.27. The minimum Gasteiger partial charge on any atom is -0.434 e. The van der Waals surface area contributed by atoms with Crippen LogP contribution in [0.25, 0.3) is 0 Å². The highest BCUT2D eigenvalue weighted by atomic mass is 35.5. The Hall–Kier alpha value is -1.62. The highest BCUT2D eigenvalue weighted by Gasteiger charge is 2.31. The van der Waals surface area contributed by atoms with Gasteiger partial charge < -0.3 is 20.1 Å². The summed E-state index contributed by atoms with van der Waals surface area (Å²) in [6.45, 7) is -0.436. The molecule has 0 aromatic heterocycles. The maximum atomic E-state index is 13.7. The Balaban J connectivity index is 3.06. The first-order valence-electron chi connectivity index (χ1n) is 8.52. The standard InChI is InChI=1S/C17H23Cl2FN2O6S/c1-21-8-3-9-27-17(24)28-14(13(10-20)22-16(23)15(18)19)11-4-6-12(7-5-11)29(2,25)26/h4-7,13-15,21H,3,8-10H2,1-2H3,(H,22,23). The third-order valence-electron chi connectivity index (χ3n) is 3.71. The summed E-state index contributed by atoms with van der Waals surface area (Å²) in [6.07, 6.45) is -0.812. The largest absolute Gasteiger partial charge is 0.508 e. The zero-order valence-corrected chi connectivity index (χ0v) is 18.2. The molecule has 0 saturated heterocycles. The van der Waals surface area contributed by atoms with Crippen molar-refractivity contribution in [2.45, 2.75) is 28.3 Å². The lowest BCUT2D eigenvalue weighted by molar-refractivity contribution is -0.121. The van der Waals surface area contributed by atoms with E-state index in [-0.39, 0.29) is 17.1 Å². The molecule has 0 fully saturated rings. The minimum atomic E-state index is -3.46. The quantitative estimate of drug-likeness (QED) is 0.288. The van der Waals surface area contributed by atoms with E-state index in [0.717, 1.165) is 6.26 Å². The van der Waals surface area contributed by atoms with Gasteiger partial charge in [-0.2, -0.15) is 0 Å². The Bertz CT molecular complexity index is 777. The van der Waals surface area contributed by atoms with Crippen molar-refractivity contribution >= 4 is 45.1 Å². The van der Waals surface area contributed by atoms with Gasteiger partial charge in [0.2, 0.25) is 0 Å². The molecule has 0 radical (unpaired) electrons. The maximum Gasteiger partial charge on any atom is 0.508 e. The summed E-state index contributed by atoms with van der Waals surface area (Å²) in [5, 5.41) is 5.13. The number of carbonyl (C=O) groups excluding carboxylic acids is 2. The van der Waals surface area contributed by atoms with Crippen molar-refractivity contribution in [3.8, 4) is 0 Å². The third-order valence-corrected chi connectivity index (χ3v) is 5.23. The summed E-state index contributed by atoms with van der Waals surface area (Å²) in [6, 6.07) is 3.94. The zero-order chi connectivity index (χ0) is 22.0. The second-order valence-electron chi connectivity index (χ2n) is 6.01. The summed E-state index contributed by atoms with van der Waals surface area (Å²) < 4.78 is 47.0. The molecule has 0 saturated carbocycles. The van der Waals surface area contributed by atoms with E-state index >= 15 is 0 Å². The van der Waals surface area contributed by atoms with E-state index in [0.29, 0.717) is 13.0 Å². The molecule has 164 valence electrons. The van der Waals surface area contributed by atoms with Crippen LogP contribution in [0.4, 0.5) is 9.18 Å². The van der Waals surface area contributed by atoms with Crippen molar-refractivity contribution in [3.63, 3.8) is 0 Å². The molecule has 2 unspecified atom stereocenters. The van der Waals surface area contributed by atoms with Crippen molar-refractivity contribution in [1.82, 2.24) is 10.6 Å². The number of hydrogen-bond donors (Lipinski definition) is 2. The van der Waals surface area contributed by atoms with Crippen LogP contribution in [0.2, 0.25) is 0 Å². The number of rotatable bonds is 11. The van der Waals surface area contributed by atoms with Gasteiger partial charge >= 0.3 is 6.16 Å². The lowest BCUT2D eigenvalue weighted by Crippen LogP contribution is -2.44. The number of carbonyl (C=O) groups is 2. The van der Waals surface area contributed by atoms with Crippen LogP contribution in [-0.2, 0) is 24.1 Å². The van der Waals surface area contributed by atoms with Crippen LogP contribution in [0.15, 0.2) is 29.2 Å². The Morgan fingerprint density at radius 1 is 1.21 bits per heavy atom. The van der Waals surface area contributed by atoms with Crippen molar-refractivity contribution < 1.29 is 31.9 Å². The molecule has 1 aromatic carbocycles. The van der Waals surface area contributed by atoms with Gasteiger partial charge in [0.05, 0.1) is 17.5 Å². The zero-order valence-electron chi connectivity index (χ0n) is 15.9. The molecule has 1 amide bonds. The van der Waals surface area contributed by atoms with Gasteiger partial charge in [0.15, 0.2) is 20.8 Å². The number of nitrogens with one attached hydrogen (secondary N) is 2. The summed E-state index contributed by atoms with van der Waals surface area (Å²) in [5.74, 6) is -0.875. The fraction of sp³-hybridized carbons (Fsp3) is 0.529. The lowest BCUT2D eigenvalue weighted by atomic mass is 10.0. The van der Waals surface area contributed by atoms with Crippen LogP contribution < -0.4 is 10.6 Å². The molecule has 0 aliphatic heterocycles. The molecule has 8 nitrogen and oxygen atoms in total. The van der Waals surface area contributed by atoms with Crippen LogP contribution in [0.1, 0.15) is 18.1 Å². The second kappa shape index (κ2) is 12.2.